The number of hydrogen-bond acceptors (Lipinski definition) is 2. The Balaban J connectivity index is 2.20. The lowest BCUT2D eigenvalue weighted by atomic mass is 9.98. The number of hydrogen-bond donors (Lipinski definition) is 1. The molecule has 5 heteroatoms. The van der Waals surface area contributed by atoms with Crippen LogP contribution in [0, 0.1) is 5.82 Å². The molecule has 4 nitrogen and oxygen atoms in total. The van der Waals surface area contributed by atoms with Crippen LogP contribution >= 0.6 is 0 Å². The molecule has 0 saturated carbocycles. The van der Waals surface area contributed by atoms with Gasteiger partial charge in [-0.15, -0.1) is 0 Å². The van der Waals surface area contributed by atoms with Gasteiger partial charge in [0.25, 0.3) is 0 Å². The van der Waals surface area contributed by atoms with Gasteiger partial charge in [0.2, 0.25) is 11.8 Å². The second kappa shape index (κ2) is 5.38. The molecule has 2 unspecified atom stereocenters. The summed E-state index contributed by atoms with van der Waals surface area (Å²) in [5, 5.41) is 0. The predicted octanol–water partition coefficient (Wildman–Crippen LogP) is 1.41. The topological polar surface area (TPSA) is 63.4 Å². The Morgan fingerprint density at radius 3 is 2.79 bits per heavy atom. The number of halogens is 1. The van der Waals surface area contributed by atoms with Crippen LogP contribution in [0.15, 0.2) is 24.3 Å². The minimum atomic E-state index is -0.593. The maximum Gasteiger partial charge on any atom is 0.240 e. The number of amides is 2. The molecule has 1 fully saturated rings. The van der Waals surface area contributed by atoms with Crippen molar-refractivity contribution in [3.8, 4) is 0 Å². The standard InChI is InChI=1S/C14H17FN2O2/c1-2-12(14(16)19)17-8-9(7-13(17)18)10-5-3-4-6-11(10)15/h3-6,9,12H,2,7-8H2,1H3,(H2,16,19). The zero-order chi connectivity index (χ0) is 14.0. The third kappa shape index (κ3) is 2.59. The molecule has 0 aromatic heterocycles. The summed E-state index contributed by atoms with van der Waals surface area (Å²) >= 11 is 0. The van der Waals surface area contributed by atoms with Gasteiger partial charge in [0.05, 0.1) is 0 Å². The Morgan fingerprint density at radius 1 is 1.53 bits per heavy atom. The van der Waals surface area contributed by atoms with Gasteiger partial charge in [0.15, 0.2) is 0 Å². The second-order valence-electron chi connectivity index (χ2n) is 4.80. The highest BCUT2D eigenvalue weighted by molar-refractivity contribution is 5.88. The van der Waals surface area contributed by atoms with Crippen molar-refractivity contribution < 1.29 is 14.0 Å². The van der Waals surface area contributed by atoms with E-state index in [-0.39, 0.29) is 24.1 Å². The van der Waals surface area contributed by atoms with Gasteiger partial charge in [0, 0.05) is 18.9 Å². The van der Waals surface area contributed by atoms with Crippen molar-refractivity contribution in [3.05, 3.63) is 35.6 Å². The first-order valence-electron chi connectivity index (χ1n) is 6.37. The summed E-state index contributed by atoms with van der Waals surface area (Å²) in [6.45, 7) is 2.15. The van der Waals surface area contributed by atoms with Crippen LogP contribution in [0.2, 0.25) is 0 Å². The maximum atomic E-state index is 13.7. The Bertz CT molecular complexity index is 504. The number of rotatable bonds is 4. The third-order valence-electron chi connectivity index (χ3n) is 3.59. The van der Waals surface area contributed by atoms with Crippen LogP contribution in [0.1, 0.15) is 31.2 Å². The van der Waals surface area contributed by atoms with E-state index in [0.717, 1.165) is 0 Å². The third-order valence-corrected chi connectivity index (χ3v) is 3.59. The predicted molar refractivity (Wildman–Crippen MR) is 68.7 cm³/mol. The maximum absolute atomic E-state index is 13.7. The molecule has 1 aliphatic rings. The average Bonchev–Trinajstić information content (AvgIpc) is 2.72. The van der Waals surface area contributed by atoms with Crippen LogP contribution < -0.4 is 5.73 Å². The molecular weight excluding hydrogens is 247 g/mol. The molecule has 19 heavy (non-hydrogen) atoms. The van der Waals surface area contributed by atoms with E-state index in [1.807, 2.05) is 0 Å². The molecule has 0 spiro atoms. The molecule has 1 aliphatic heterocycles. The van der Waals surface area contributed by atoms with Crippen LogP contribution in [-0.2, 0) is 9.59 Å². The van der Waals surface area contributed by atoms with E-state index in [4.69, 9.17) is 5.73 Å². The number of primary amides is 1. The number of likely N-dealkylation sites (tertiary alicyclic amines) is 1. The molecule has 1 aromatic carbocycles. The second-order valence-corrected chi connectivity index (χ2v) is 4.80. The normalized spacial score (nSPS) is 20.6. The lowest BCUT2D eigenvalue weighted by Gasteiger charge is -2.24. The lowest BCUT2D eigenvalue weighted by Crippen LogP contribution is -2.45. The van der Waals surface area contributed by atoms with Gasteiger partial charge in [0.1, 0.15) is 11.9 Å². The Labute approximate surface area is 111 Å². The summed E-state index contributed by atoms with van der Waals surface area (Å²) < 4.78 is 13.7. The highest BCUT2D eigenvalue weighted by Crippen LogP contribution is 2.31. The van der Waals surface area contributed by atoms with Gasteiger partial charge in [-0.25, -0.2) is 4.39 Å². The van der Waals surface area contributed by atoms with Crippen LogP contribution in [0.5, 0.6) is 0 Å². The van der Waals surface area contributed by atoms with E-state index in [9.17, 15) is 14.0 Å². The highest BCUT2D eigenvalue weighted by Gasteiger charge is 2.37. The van der Waals surface area contributed by atoms with Gasteiger partial charge < -0.3 is 10.6 Å². The quantitative estimate of drug-likeness (QED) is 0.893. The molecule has 2 N–H and O–H groups in total. The fourth-order valence-corrected chi connectivity index (χ4v) is 2.62. The summed E-state index contributed by atoms with van der Waals surface area (Å²) in [4.78, 5) is 24.8. The van der Waals surface area contributed by atoms with E-state index < -0.39 is 11.9 Å². The van der Waals surface area contributed by atoms with E-state index in [1.54, 1.807) is 25.1 Å². The molecule has 1 saturated heterocycles. The number of carbonyl (C=O) groups is 2. The van der Waals surface area contributed by atoms with Crippen molar-refractivity contribution >= 4 is 11.8 Å². The van der Waals surface area contributed by atoms with Crippen molar-refractivity contribution in [3.63, 3.8) is 0 Å². The number of carbonyl (C=O) groups excluding carboxylic acids is 2. The first-order valence-corrected chi connectivity index (χ1v) is 6.37. The van der Waals surface area contributed by atoms with Gasteiger partial charge in [-0.05, 0) is 18.1 Å². The number of benzene rings is 1. The Morgan fingerprint density at radius 2 is 2.21 bits per heavy atom. The zero-order valence-corrected chi connectivity index (χ0v) is 10.8. The fraction of sp³-hybridized carbons (Fsp3) is 0.429. The van der Waals surface area contributed by atoms with Crippen LogP contribution in [0.25, 0.3) is 0 Å². The minimum absolute atomic E-state index is 0.140. The van der Waals surface area contributed by atoms with E-state index in [2.05, 4.69) is 0 Å². The van der Waals surface area contributed by atoms with Gasteiger partial charge >= 0.3 is 0 Å². The van der Waals surface area contributed by atoms with Crippen molar-refractivity contribution in [1.82, 2.24) is 4.90 Å². The van der Waals surface area contributed by atoms with Crippen LogP contribution in [0.4, 0.5) is 4.39 Å². The fourth-order valence-electron chi connectivity index (χ4n) is 2.62. The van der Waals surface area contributed by atoms with Crippen molar-refractivity contribution in [2.45, 2.75) is 31.7 Å². The minimum Gasteiger partial charge on any atom is -0.368 e. The molecule has 102 valence electrons. The zero-order valence-electron chi connectivity index (χ0n) is 10.8. The summed E-state index contributed by atoms with van der Waals surface area (Å²) in [5.74, 6) is -1.17. The van der Waals surface area contributed by atoms with Gasteiger partial charge in [-0.2, -0.15) is 0 Å². The summed E-state index contributed by atoms with van der Waals surface area (Å²) in [7, 11) is 0. The number of nitrogens with zero attached hydrogens (tertiary/aromatic N) is 1. The van der Waals surface area contributed by atoms with E-state index >= 15 is 0 Å². The van der Waals surface area contributed by atoms with Crippen LogP contribution in [-0.4, -0.2) is 29.3 Å². The van der Waals surface area contributed by atoms with Crippen molar-refractivity contribution in [1.29, 1.82) is 0 Å². The highest BCUT2D eigenvalue weighted by atomic mass is 19.1. The molecule has 2 atom stereocenters. The molecule has 0 radical (unpaired) electrons. The van der Waals surface area contributed by atoms with E-state index in [0.29, 0.717) is 18.5 Å². The first kappa shape index (κ1) is 13.5. The molecule has 2 amide bonds. The summed E-state index contributed by atoms with van der Waals surface area (Å²) in [5.41, 5.74) is 5.82. The summed E-state index contributed by atoms with van der Waals surface area (Å²) in [6.07, 6.45) is 0.704. The molecule has 1 aromatic rings. The first-order chi connectivity index (χ1) is 9.04. The molecule has 1 heterocycles. The monoisotopic (exact) mass is 264 g/mol. The average molecular weight is 264 g/mol. The molecular formula is C14H17FN2O2. The Kier molecular flexibility index (Phi) is 3.83. The molecule has 0 aliphatic carbocycles. The lowest BCUT2D eigenvalue weighted by molar-refractivity contribution is -0.136. The van der Waals surface area contributed by atoms with Crippen LogP contribution in [0.3, 0.4) is 0 Å². The van der Waals surface area contributed by atoms with Crippen molar-refractivity contribution in [2.24, 2.45) is 5.73 Å². The van der Waals surface area contributed by atoms with Gasteiger partial charge in [-0.1, -0.05) is 25.1 Å². The van der Waals surface area contributed by atoms with E-state index in [1.165, 1.54) is 11.0 Å². The molecule has 0 bridgehead atoms. The Hall–Kier alpha value is -1.91. The largest absolute Gasteiger partial charge is 0.368 e. The summed E-state index contributed by atoms with van der Waals surface area (Å²) in [6, 6.07) is 5.84. The smallest absolute Gasteiger partial charge is 0.240 e. The molecule has 2 rings (SSSR count). The SMILES string of the molecule is CCC(C(N)=O)N1CC(c2ccccc2F)CC1=O. The number of nitrogens with two attached hydrogens (primary N) is 1. The van der Waals surface area contributed by atoms with Crippen molar-refractivity contribution in [2.75, 3.05) is 6.54 Å². The van der Waals surface area contributed by atoms with Gasteiger partial charge in [-0.3, -0.25) is 9.59 Å².